The van der Waals surface area contributed by atoms with Crippen molar-refractivity contribution < 1.29 is 13.2 Å². The summed E-state index contributed by atoms with van der Waals surface area (Å²) in [5.74, 6) is -0.562. The highest BCUT2D eigenvalue weighted by molar-refractivity contribution is 7.91. The monoisotopic (exact) mass is 383 g/mol. The van der Waals surface area contributed by atoms with Crippen LogP contribution in [0, 0.1) is 11.3 Å². The number of urea groups is 1. The first-order valence-electron chi connectivity index (χ1n) is 8.81. The molecule has 0 saturated carbocycles. The second-order valence-corrected chi connectivity index (χ2v) is 8.54. The Morgan fingerprint density at radius 2 is 1.85 bits per heavy atom. The molecule has 1 saturated heterocycles. The van der Waals surface area contributed by atoms with E-state index in [1.165, 1.54) is 17.7 Å². The molecular formula is C20H21N3O3S. The number of nitrogens with zero attached hydrogens (tertiary/aromatic N) is 2. The molecule has 140 valence electrons. The topological polar surface area (TPSA) is 90.3 Å². The van der Waals surface area contributed by atoms with E-state index in [1.807, 2.05) is 23.1 Å². The Balaban J connectivity index is 1.65. The first kappa shape index (κ1) is 18.9. The summed E-state index contributed by atoms with van der Waals surface area (Å²) < 4.78 is 23.7. The van der Waals surface area contributed by atoms with Crippen molar-refractivity contribution >= 4 is 21.6 Å². The minimum atomic E-state index is -3.60. The van der Waals surface area contributed by atoms with Crippen molar-refractivity contribution in [3.05, 3.63) is 60.2 Å². The molecule has 2 amide bonds. The Bertz CT molecular complexity index is 935. The van der Waals surface area contributed by atoms with Gasteiger partial charge < -0.3 is 10.2 Å². The maximum atomic E-state index is 12.7. The summed E-state index contributed by atoms with van der Waals surface area (Å²) in [5, 5.41) is 11.4. The van der Waals surface area contributed by atoms with E-state index >= 15 is 0 Å². The zero-order valence-corrected chi connectivity index (χ0v) is 15.7. The number of sulfone groups is 1. The van der Waals surface area contributed by atoms with Crippen molar-refractivity contribution in [1.82, 2.24) is 4.90 Å². The van der Waals surface area contributed by atoms with E-state index in [0.29, 0.717) is 12.2 Å². The molecular weight excluding hydrogens is 362 g/mol. The summed E-state index contributed by atoms with van der Waals surface area (Å²) in [4.78, 5) is 14.6. The zero-order chi connectivity index (χ0) is 19.3. The second-order valence-electron chi connectivity index (χ2n) is 6.55. The Morgan fingerprint density at radius 3 is 2.52 bits per heavy atom. The van der Waals surface area contributed by atoms with E-state index in [4.69, 9.17) is 5.26 Å². The molecule has 3 rings (SSSR count). The molecule has 2 aromatic rings. The van der Waals surface area contributed by atoms with Gasteiger partial charge in [0.2, 0.25) is 0 Å². The van der Waals surface area contributed by atoms with Gasteiger partial charge in [0, 0.05) is 18.3 Å². The van der Waals surface area contributed by atoms with Gasteiger partial charge in [-0.15, -0.1) is 0 Å². The van der Waals surface area contributed by atoms with Crippen LogP contribution in [0.3, 0.4) is 0 Å². The van der Waals surface area contributed by atoms with Crippen LogP contribution in [0.15, 0.2) is 59.5 Å². The highest BCUT2D eigenvalue weighted by Gasteiger charge is 2.28. The lowest BCUT2D eigenvalue weighted by atomic mass is 10.0. The Morgan fingerprint density at radius 1 is 1.15 bits per heavy atom. The summed E-state index contributed by atoms with van der Waals surface area (Å²) >= 11 is 0. The van der Waals surface area contributed by atoms with Gasteiger partial charge in [0.15, 0.2) is 9.84 Å². The zero-order valence-electron chi connectivity index (χ0n) is 14.8. The van der Waals surface area contributed by atoms with E-state index in [1.54, 1.807) is 18.2 Å². The maximum Gasteiger partial charge on any atom is 0.322 e. The van der Waals surface area contributed by atoms with Crippen LogP contribution in [-0.2, 0) is 16.3 Å². The molecule has 2 aromatic carbocycles. The fraction of sp³-hybridized carbons (Fsp3) is 0.300. The van der Waals surface area contributed by atoms with Crippen LogP contribution in [-0.4, -0.2) is 37.7 Å². The molecule has 1 N–H and O–H groups in total. The minimum Gasteiger partial charge on any atom is -0.321 e. The van der Waals surface area contributed by atoms with Gasteiger partial charge >= 0.3 is 6.03 Å². The van der Waals surface area contributed by atoms with Crippen LogP contribution < -0.4 is 5.32 Å². The van der Waals surface area contributed by atoms with Crippen molar-refractivity contribution in [2.75, 3.05) is 17.6 Å². The van der Waals surface area contributed by atoms with Gasteiger partial charge in [0.05, 0.1) is 11.0 Å². The fourth-order valence-corrected chi connectivity index (χ4v) is 4.20. The molecule has 1 aliphatic rings. The number of benzene rings is 2. The average Bonchev–Trinajstić information content (AvgIpc) is 3.11. The third-order valence-electron chi connectivity index (χ3n) is 4.67. The highest BCUT2D eigenvalue weighted by Crippen LogP contribution is 2.23. The van der Waals surface area contributed by atoms with E-state index < -0.39 is 15.6 Å². The molecule has 1 heterocycles. The summed E-state index contributed by atoms with van der Waals surface area (Å²) in [5.41, 5.74) is 1.73. The van der Waals surface area contributed by atoms with Crippen molar-refractivity contribution in [1.29, 1.82) is 5.26 Å². The number of carbonyl (C=O) groups is 1. The van der Waals surface area contributed by atoms with Crippen molar-refractivity contribution in [3.8, 4) is 6.07 Å². The third-order valence-corrected chi connectivity index (χ3v) is 6.17. The number of nitriles is 1. The number of anilines is 1. The summed E-state index contributed by atoms with van der Waals surface area (Å²) in [7, 11) is -3.60. The van der Waals surface area contributed by atoms with Gasteiger partial charge in [-0.25, -0.2) is 13.2 Å². The van der Waals surface area contributed by atoms with Crippen LogP contribution in [0.25, 0.3) is 0 Å². The number of rotatable bonds is 5. The second kappa shape index (κ2) is 8.23. The largest absolute Gasteiger partial charge is 0.322 e. The fourth-order valence-electron chi connectivity index (χ4n) is 3.31. The van der Waals surface area contributed by atoms with Crippen LogP contribution in [0.2, 0.25) is 0 Å². The van der Waals surface area contributed by atoms with Crippen molar-refractivity contribution in [2.24, 2.45) is 0 Å². The number of carbonyl (C=O) groups excluding carboxylic acids is 1. The lowest BCUT2D eigenvalue weighted by Gasteiger charge is -2.25. The summed E-state index contributed by atoms with van der Waals surface area (Å²) in [6, 6.07) is 17.6. The van der Waals surface area contributed by atoms with Crippen molar-refractivity contribution in [2.45, 2.75) is 30.2 Å². The number of hydrogen-bond acceptors (Lipinski definition) is 4. The Labute approximate surface area is 159 Å². The molecule has 7 heteroatoms. The van der Waals surface area contributed by atoms with E-state index in [9.17, 15) is 13.2 Å². The minimum absolute atomic E-state index is 0.0742. The predicted molar refractivity (Wildman–Crippen MR) is 103 cm³/mol. The number of nitrogens with one attached hydrogen (secondary N) is 1. The molecule has 0 radical (unpaired) electrons. The van der Waals surface area contributed by atoms with E-state index in [0.717, 1.165) is 19.3 Å². The number of hydrogen-bond donors (Lipinski definition) is 1. The predicted octanol–water partition coefficient (Wildman–Crippen LogP) is 3.22. The number of amides is 2. The summed E-state index contributed by atoms with van der Waals surface area (Å²) in [6.07, 6.45) is 2.75. The van der Waals surface area contributed by atoms with Gasteiger partial charge in [0.25, 0.3) is 0 Å². The molecule has 27 heavy (non-hydrogen) atoms. The third kappa shape index (κ3) is 4.66. The Hall–Kier alpha value is -2.85. The van der Waals surface area contributed by atoms with Crippen LogP contribution >= 0.6 is 0 Å². The normalized spacial score (nSPS) is 16.7. The molecule has 1 aliphatic heterocycles. The van der Waals surface area contributed by atoms with Gasteiger partial charge in [-0.3, -0.25) is 0 Å². The maximum absolute atomic E-state index is 12.7. The molecule has 0 bridgehead atoms. The van der Waals surface area contributed by atoms with Gasteiger partial charge in [-0.2, -0.15) is 5.26 Å². The SMILES string of the molecule is N#CCS(=O)(=O)c1ccc(NC(=O)N2CCCC2Cc2ccccc2)cc1. The molecule has 0 aromatic heterocycles. The number of likely N-dealkylation sites (tertiary alicyclic amines) is 1. The Kier molecular flexibility index (Phi) is 5.77. The highest BCUT2D eigenvalue weighted by atomic mass is 32.2. The van der Waals surface area contributed by atoms with E-state index in [2.05, 4.69) is 17.4 Å². The van der Waals surface area contributed by atoms with Crippen LogP contribution in [0.5, 0.6) is 0 Å². The smallest absolute Gasteiger partial charge is 0.321 e. The molecule has 1 fully saturated rings. The molecule has 0 aliphatic carbocycles. The molecule has 0 spiro atoms. The van der Waals surface area contributed by atoms with Crippen LogP contribution in [0.1, 0.15) is 18.4 Å². The standard InChI is InChI=1S/C20H21N3O3S/c21-12-14-27(25,26)19-10-8-17(9-11-19)22-20(24)23-13-4-7-18(23)15-16-5-2-1-3-6-16/h1-3,5-6,8-11,18H,4,7,13-15H2,(H,22,24). The van der Waals surface area contributed by atoms with Crippen molar-refractivity contribution in [3.63, 3.8) is 0 Å². The molecule has 1 unspecified atom stereocenters. The van der Waals surface area contributed by atoms with Gasteiger partial charge in [-0.05, 0) is 49.1 Å². The molecule has 6 nitrogen and oxygen atoms in total. The van der Waals surface area contributed by atoms with Gasteiger partial charge in [0.1, 0.15) is 5.75 Å². The van der Waals surface area contributed by atoms with Gasteiger partial charge in [-0.1, -0.05) is 30.3 Å². The quantitative estimate of drug-likeness (QED) is 0.858. The average molecular weight is 383 g/mol. The lowest BCUT2D eigenvalue weighted by Crippen LogP contribution is -2.39. The first-order chi connectivity index (χ1) is 13.0. The summed E-state index contributed by atoms with van der Waals surface area (Å²) in [6.45, 7) is 0.706. The molecule has 1 atom stereocenters. The first-order valence-corrected chi connectivity index (χ1v) is 10.5. The van der Waals surface area contributed by atoms with Crippen LogP contribution in [0.4, 0.5) is 10.5 Å². The lowest BCUT2D eigenvalue weighted by molar-refractivity contribution is 0.206. The van der Waals surface area contributed by atoms with E-state index in [-0.39, 0.29) is 17.0 Å².